The lowest BCUT2D eigenvalue weighted by atomic mass is 10.0. The summed E-state index contributed by atoms with van der Waals surface area (Å²) in [5, 5.41) is 9.06. The number of thiol groups is 1. The highest BCUT2D eigenvalue weighted by atomic mass is 79.9. The lowest BCUT2D eigenvalue weighted by Gasteiger charge is -2.21. The van der Waals surface area contributed by atoms with Gasteiger partial charge in [0.1, 0.15) is 0 Å². The number of hydrogen-bond donors (Lipinski definition) is 3. The predicted octanol–water partition coefficient (Wildman–Crippen LogP) is 4.95. The summed E-state index contributed by atoms with van der Waals surface area (Å²) in [6.07, 6.45) is 0.989. The van der Waals surface area contributed by atoms with Gasteiger partial charge in [0.25, 0.3) is 0 Å². The number of benzene rings is 1. The molecule has 0 aliphatic rings. The molecule has 0 saturated heterocycles. The van der Waals surface area contributed by atoms with Crippen LogP contribution in [0.2, 0.25) is 0 Å². The van der Waals surface area contributed by atoms with Gasteiger partial charge in [-0.1, -0.05) is 22.0 Å². The monoisotopic (exact) mass is 414 g/mol. The molecule has 3 nitrogen and oxygen atoms in total. The van der Waals surface area contributed by atoms with Crippen LogP contribution in [0.4, 0.5) is 5.69 Å². The summed E-state index contributed by atoms with van der Waals surface area (Å²) >= 11 is 9.93. The van der Waals surface area contributed by atoms with Crippen molar-refractivity contribution in [3.63, 3.8) is 0 Å². The Morgan fingerprint density at radius 2 is 2.17 bits per heavy atom. The van der Waals surface area contributed by atoms with Gasteiger partial charge >= 0.3 is 0 Å². The summed E-state index contributed by atoms with van der Waals surface area (Å²) in [5.74, 6) is 0. The Balaban J connectivity index is 2.21. The van der Waals surface area contributed by atoms with E-state index in [1.807, 2.05) is 20.0 Å². The zero-order chi connectivity index (χ0) is 16.7. The Morgan fingerprint density at radius 1 is 1.35 bits per heavy atom. The van der Waals surface area contributed by atoms with Gasteiger partial charge in [0, 0.05) is 40.2 Å². The van der Waals surface area contributed by atoms with Gasteiger partial charge in [0.05, 0.1) is 6.04 Å². The van der Waals surface area contributed by atoms with E-state index in [1.54, 1.807) is 11.3 Å². The third kappa shape index (κ3) is 5.22. The summed E-state index contributed by atoms with van der Waals surface area (Å²) in [5.41, 5.74) is 2.35. The van der Waals surface area contributed by atoms with E-state index < -0.39 is 0 Å². The van der Waals surface area contributed by atoms with Gasteiger partial charge < -0.3 is 15.4 Å². The van der Waals surface area contributed by atoms with E-state index in [0.29, 0.717) is 0 Å². The van der Waals surface area contributed by atoms with Crippen molar-refractivity contribution in [3.05, 3.63) is 44.6 Å². The van der Waals surface area contributed by atoms with Gasteiger partial charge in [-0.3, -0.25) is 0 Å². The van der Waals surface area contributed by atoms with Crippen molar-refractivity contribution in [3.8, 4) is 0 Å². The first-order valence-electron chi connectivity index (χ1n) is 7.72. The van der Waals surface area contributed by atoms with Crippen LogP contribution in [0.25, 0.3) is 0 Å². The average molecular weight is 415 g/mol. The summed E-state index contributed by atoms with van der Waals surface area (Å²) in [7, 11) is 1.96. The molecule has 0 amide bonds. The fraction of sp³-hybridized carbons (Fsp3) is 0.412. The molecule has 2 rings (SSSR count). The first kappa shape index (κ1) is 18.8. The SMILES string of the molecule is CCOCCCNC(c1ccc(Br)cc1S)c1sccc1NC. The zero-order valence-corrected chi connectivity index (χ0v) is 16.7. The molecule has 23 heavy (non-hydrogen) atoms. The van der Waals surface area contributed by atoms with Crippen LogP contribution in [0.15, 0.2) is 39.0 Å². The molecule has 0 radical (unpaired) electrons. The number of rotatable bonds is 9. The molecule has 0 spiro atoms. The van der Waals surface area contributed by atoms with Crippen molar-refractivity contribution in [2.45, 2.75) is 24.3 Å². The number of thiophene rings is 1. The maximum absolute atomic E-state index is 5.43. The Morgan fingerprint density at radius 3 is 2.87 bits per heavy atom. The summed E-state index contributed by atoms with van der Waals surface area (Å²) in [6.45, 7) is 4.48. The van der Waals surface area contributed by atoms with Crippen molar-refractivity contribution in [1.29, 1.82) is 0 Å². The smallest absolute Gasteiger partial charge is 0.0702 e. The molecule has 1 aromatic carbocycles. The van der Waals surface area contributed by atoms with Crippen molar-refractivity contribution in [2.24, 2.45) is 0 Å². The minimum Gasteiger partial charge on any atom is -0.387 e. The van der Waals surface area contributed by atoms with Crippen LogP contribution < -0.4 is 10.6 Å². The van der Waals surface area contributed by atoms with Crippen molar-refractivity contribution >= 4 is 45.6 Å². The second kappa shape index (κ2) is 9.69. The van der Waals surface area contributed by atoms with Gasteiger partial charge in [-0.2, -0.15) is 0 Å². The van der Waals surface area contributed by atoms with Gasteiger partial charge in [-0.25, -0.2) is 0 Å². The van der Waals surface area contributed by atoms with Crippen LogP contribution in [0, 0.1) is 0 Å². The highest BCUT2D eigenvalue weighted by Gasteiger charge is 2.20. The van der Waals surface area contributed by atoms with Gasteiger partial charge in [-0.15, -0.1) is 24.0 Å². The summed E-state index contributed by atoms with van der Waals surface area (Å²) < 4.78 is 6.47. The van der Waals surface area contributed by atoms with Gasteiger partial charge in [0.15, 0.2) is 0 Å². The van der Waals surface area contributed by atoms with E-state index in [4.69, 9.17) is 4.74 Å². The molecule has 1 unspecified atom stereocenters. The summed E-state index contributed by atoms with van der Waals surface area (Å²) in [4.78, 5) is 2.26. The third-order valence-corrected chi connectivity index (χ3v) is 5.41. The lowest BCUT2D eigenvalue weighted by molar-refractivity contribution is 0.144. The van der Waals surface area contributed by atoms with Crippen molar-refractivity contribution in [2.75, 3.05) is 32.1 Å². The number of ether oxygens (including phenoxy) is 1. The normalized spacial score (nSPS) is 12.3. The quantitative estimate of drug-likeness (QED) is 0.401. The number of halogens is 1. The van der Waals surface area contributed by atoms with Crippen LogP contribution in [-0.4, -0.2) is 26.8 Å². The van der Waals surface area contributed by atoms with Gasteiger partial charge in [0.2, 0.25) is 0 Å². The predicted molar refractivity (Wildman–Crippen MR) is 106 cm³/mol. The van der Waals surface area contributed by atoms with E-state index in [9.17, 15) is 0 Å². The zero-order valence-electron chi connectivity index (χ0n) is 13.4. The molecule has 1 aromatic heterocycles. The molecule has 0 aliphatic heterocycles. The molecule has 0 aliphatic carbocycles. The largest absolute Gasteiger partial charge is 0.387 e. The Labute approximate surface area is 156 Å². The lowest BCUT2D eigenvalue weighted by Crippen LogP contribution is -2.24. The van der Waals surface area contributed by atoms with E-state index in [0.717, 1.165) is 41.2 Å². The highest BCUT2D eigenvalue weighted by molar-refractivity contribution is 9.10. The molecule has 1 atom stereocenters. The van der Waals surface area contributed by atoms with E-state index in [-0.39, 0.29) is 6.04 Å². The fourth-order valence-corrected chi connectivity index (χ4v) is 4.30. The number of nitrogens with one attached hydrogen (secondary N) is 2. The van der Waals surface area contributed by atoms with Crippen LogP contribution in [0.3, 0.4) is 0 Å². The minimum absolute atomic E-state index is 0.125. The van der Waals surface area contributed by atoms with Crippen LogP contribution in [-0.2, 0) is 4.74 Å². The molecule has 6 heteroatoms. The first-order valence-corrected chi connectivity index (χ1v) is 9.84. The van der Waals surface area contributed by atoms with Crippen LogP contribution in [0.1, 0.15) is 29.8 Å². The standard InChI is InChI=1S/C17H23BrN2OS2/c1-3-21-9-4-8-20-16(17-14(19-2)7-10-23-17)13-6-5-12(18)11-15(13)22/h5-7,10-11,16,19-20,22H,3-4,8-9H2,1-2H3. The molecule has 1 heterocycles. The number of anilines is 1. The second-order valence-corrected chi connectivity index (χ2v) is 7.43. The Kier molecular flexibility index (Phi) is 7.92. The molecular formula is C17H23BrN2OS2. The highest BCUT2D eigenvalue weighted by Crippen LogP contribution is 2.36. The topological polar surface area (TPSA) is 33.3 Å². The Bertz CT molecular complexity index is 618. The third-order valence-electron chi connectivity index (χ3n) is 3.55. The van der Waals surface area contributed by atoms with E-state index in [2.05, 4.69) is 62.8 Å². The van der Waals surface area contributed by atoms with Crippen molar-refractivity contribution in [1.82, 2.24) is 5.32 Å². The Hall–Kier alpha value is -0.530. The first-order chi connectivity index (χ1) is 11.2. The molecular weight excluding hydrogens is 392 g/mol. The maximum atomic E-state index is 5.43. The molecule has 2 N–H and O–H groups in total. The molecule has 0 bridgehead atoms. The molecule has 2 aromatic rings. The maximum Gasteiger partial charge on any atom is 0.0702 e. The van der Waals surface area contributed by atoms with Crippen molar-refractivity contribution < 1.29 is 4.74 Å². The van der Waals surface area contributed by atoms with Crippen LogP contribution in [0.5, 0.6) is 0 Å². The fourth-order valence-electron chi connectivity index (χ4n) is 2.42. The molecule has 126 valence electrons. The second-order valence-electron chi connectivity index (χ2n) is 5.09. The average Bonchev–Trinajstić information content (AvgIpc) is 3.00. The molecule has 0 fully saturated rings. The van der Waals surface area contributed by atoms with E-state index >= 15 is 0 Å². The van der Waals surface area contributed by atoms with Crippen LogP contribution >= 0.6 is 39.9 Å². The van der Waals surface area contributed by atoms with Gasteiger partial charge in [-0.05, 0) is 49.0 Å². The molecule has 0 saturated carbocycles. The minimum atomic E-state index is 0.125. The van der Waals surface area contributed by atoms with E-state index in [1.165, 1.54) is 10.4 Å². The summed E-state index contributed by atoms with van der Waals surface area (Å²) in [6, 6.07) is 8.48. The number of hydrogen-bond acceptors (Lipinski definition) is 5.